The van der Waals surface area contributed by atoms with E-state index in [1.165, 1.54) is 0 Å². The Morgan fingerprint density at radius 3 is 2.23 bits per heavy atom. The van der Waals surface area contributed by atoms with E-state index in [1.54, 1.807) is 0 Å². The Hall–Kier alpha value is -0.130. The van der Waals surface area contributed by atoms with Gasteiger partial charge in [0, 0.05) is 6.42 Å². The Morgan fingerprint density at radius 1 is 1.38 bits per heavy atom. The molecule has 0 aromatic rings. The second kappa shape index (κ2) is 3.55. The van der Waals surface area contributed by atoms with E-state index in [4.69, 9.17) is 0 Å². The molecule has 0 aliphatic carbocycles. The van der Waals surface area contributed by atoms with Gasteiger partial charge in [0.1, 0.15) is 0 Å². The predicted octanol–water partition coefficient (Wildman–Crippen LogP) is 2.47. The lowest BCUT2D eigenvalue weighted by Gasteiger charge is -2.29. The molecular weight excluding hydrogens is 215 g/mol. The number of halogens is 4. The van der Waals surface area contributed by atoms with Crippen molar-refractivity contribution in [3.05, 3.63) is 0 Å². The molecule has 0 unspecified atom stereocenters. The van der Waals surface area contributed by atoms with Crippen LogP contribution in [0.4, 0.5) is 17.4 Å². The SMILES string of the molecule is O=P1(F)OCC(F)(CC(F)F)CO1. The van der Waals surface area contributed by atoms with Crippen LogP contribution >= 0.6 is 7.91 Å². The molecule has 3 nitrogen and oxygen atoms in total. The van der Waals surface area contributed by atoms with E-state index in [-0.39, 0.29) is 0 Å². The number of hydrogen-bond donors (Lipinski definition) is 0. The molecule has 1 saturated heterocycles. The maximum Gasteiger partial charge on any atom is 0.513 e. The normalized spacial score (nSPS) is 41.0. The molecule has 1 fully saturated rings. The Morgan fingerprint density at radius 2 is 1.85 bits per heavy atom. The molecule has 0 aromatic carbocycles. The van der Waals surface area contributed by atoms with Crippen molar-refractivity contribution in [2.45, 2.75) is 18.5 Å². The average Bonchev–Trinajstić information content (AvgIpc) is 1.95. The van der Waals surface area contributed by atoms with Crippen LogP contribution in [0.3, 0.4) is 0 Å². The summed E-state index contributed by atoms with van der Waals surface area (Å²) in [7, 11) is -4.69. The quantitative estimate of drug-likeness (QED) is 0.531. The van der Waals surface area contributed by atoms with E-state index in [0.717, 1.165) is 0 Å². The van der Waals surface area contributed by atoms with Gasteiger partial charge in [-0.3, -0.25) is 9.05 Å². The third kappa shape index (κ3) is 3.25. The Kier molecular flexibility index (Phi) is 2.99. The molecule has 1 aliphatic heterocycles. The van der Waals surface area contributed by atoms with Crippen molar-refractivity contribution < 1.29 is 31.0 Å². The van der Waals surface area contributed by atoms with Crippen LogP contribution in [0.2, 0.25) is 0 Å². The first-order valence-corrected chi connectivity index (χ1v) is 4.82. The standard InChI is InChI=1S/C5H7F4O3P/c6-4(7)1-5(8)2-11-13(9,10)12-3-5/h4H,1-3H2. The fourth-order valence-corrected chi connectivity index (χ4v) is 1.70. The zero-order valence-corrected chi connectivity index (χ0v) is 7.28. The maximum atomic E-state index is 13.1. The lowest BCUT2D eigenvalue weighted by atomic mass is 10.1. The van der Waals surface area contributed by atoms with Gasteiger partial charge in [0.15, 0.2) is 5.67 Å². The lowest BCUT2D eigenvalue weighted by Crippen LogP contribution is -2.39. The number of alkyl halides is 3. The molecule has 1 aliphatic rings. The Bertz CT molecular complexity index is 222. The molecule has 1 heterocycles. The van der Waals surface area contributed by atoms with Crippen molar-refractivity contribution in [3.8, 4) is 0 Å². The predicted molar refractivity (Wildman–Crippen MR) is 35.1 cm³/mol. The van der Waals surface area contributed by atoms with Gasteiger partial charge in [0.05, 0.1) is 13.2 Å². The maximum absolute atomic E-state index is 13.1. The van der Waals surface area contributed by atoms with E-state index < -0.39 is 39.6 Å². The third-order valence-electron chi connectivity index (χ3n) is 1.47. The number of rotatable bonds is 2. The summed E-state index contributed by atoms with van der Waals surface area (Å²) in [6.45, 7) is -1.93. The van der Waals surface area contributed by atoms with Gasteiger partial charge >= 0.3 is 7.91 Å². The molecule has 0 aromatic heterocycles. The van der Waals surface area contributed by atoms with E-state index in [0.29, 0.717) is 0 Å². The van der Waals surface area contributed by atoms with Gasteiger partial charge in [-0.2, -0.15) is 0 Å². The van der Waals surface area contributed by atoms with Gasteiger partial charge in [0.25, 0.3) is 0 Å². The topological polar surface area (TPSA) is 35.5 Å². The van der Waals surface area contributed by atoms with Crippen molar-refractivity contribution in [1.29, 1.82) is 0 Å². The minimum atomic E-state index is -4.69. The molecule has 1 rings (SSSR count). The van der Waals surface area contributed by atoms with E-state index in [2.05, 4.69) is 9.05 Å². The van der Waals surface area contributed by atoms with E-state index >= 15 is 0 Å². The van der Waals surface area contributed by atoms with Gasteiger partial charge in [0.2, 0.25) is 6.43 Å². The highest BCUT2D eigenvalue weighted by molar-refractivity contribution is 7.48. The second-order valence-electron chi connectivity index (χ2n) is 2.72. The molecular formula is C5H7F4O3P. The van der Waals surface area contributed by atoms with Gasteiger partial charge in [-0.1, -0.05) is 0 Å². The molecule has 8 heteroatoms. The first kappa shape index (κ1) is 10.9. The van der Waals surface area contributed by atoms with Crippen LogP contribution in [0.1, 0.15) is 6.42 Å². The van der Waals surface area contributed by atoms with Crippen LogP contribution in [-0.4, -0.2) is 25.3 Å². The van der Waals surface area contributed by atoms with Crippen molar-refractivity contribution in [3.63, 3.8) is 0 Å². The van der Waals surface area contributed by atoms with Gasteiger partial charge in [-0.15, -0.1) is 4.20 Å². The summed E-state index contributed by atoms with van der Waals surface area (Å²) in [5.74, 6) is 0. The Labute approximate surface area is 71.7 Å². The van der Waals surface area contributed by atoms with Crippen LogP contribution in [0, 0.1) is 0 Å². The lowest BCUT2D eigenvalue weighted by molar-refractivity contribution is -0.0563. The fourth-order valence-electron chi connectivity index (χ4n) is 0.859. The second-order valence-corrected chi connectivity index (χ2v) is 4.10. The third-order valence-corrected chi connectivity index (χ3v) is 2.35. The molecule has 0 spiro atoms. The summed E-state index contributed by atoms with van der Waals surface area (Å²) in [4.78, 5) is 0. The van der Waals surface area contributed by atoms with Crippen LogP contribution in [-0.2, 0) is 13.6 Å². The molecule has 0 bridgehead atoms. The van der Waals surface area contributed by atoms with Crippen molar-refractivity contribution >= 4 is 7.91 Å². The molecule has 78 valence electrons. The van der Waals surface area contributed by atoms with Crippen LogP contribution in [0.5, 0.6) is 0 Å². The fraction of sp³-hybridized carbons (Fsp3) is 1.00. The first-order valence-electron chi connectivity index (χ1n) is 3.39. The van der Waals surface area contributed by atoms with Gasteiger partial charge < -0.3 is 0 Å². The molecule has 0 saturated carbocycles. The highest BCUT2D eigenvalue weighted by Gasteiger charge is 2.44. The summed E-state index contributed by atoms with van der Waals surface area (Å²) in [6, 6.07) is 0. The monoisotopic (exact) mass is 222 g/mol. The van der Waals surface area contributed by atoms with Crippen molar-refractivity contribution in [1.82, 2.24) is 0 Å². The average molecular weight is 222 g/mol. The molecule has 0 N–H and O–H groups in total. The smallest absolute Gasteiger partial charge is 0.280 e. The summed E-state index contributed by atoms with van der Waals surface area (Å²) in [6.07, 6.45) is -4.00. The summed E-state index contributed by atoms with van der Waals surface area (Å²) >= 11 is 0. The van der Waals surface area contributed by atoms with E-state index in [9.17, 15) is 21.9 Å². The highest BCUT2D eigenvalue weighted by atomic mass is 31.2. The Balaban J connectivity index is 2.51. The molecule has 13 heavy (non-hydrogen) atoms. The highest BCUT2D eigenvalue weighted by Crippen LogP contribution is 2.54. The van der Waals surface area contributed by atoms with E-state index in [1.807, 2.05) is 0 Å². The molecule has 0 radical (unpaired) electrons. The number of hydrogen-bond acceptors (Lipinski definition) is 3. The first-order chi connectivity index (χ1) is 5.83. The van der Waals surface area contributed by atoms with Crippen LogP contribution in [0.15, 0.2) is 0 Å². The summed E-state index contributed by atoms with van der Waals surface area (Å²) < 4.78 is 67.0. The zero-order valence-electron chi connectivity index (χ0n) is 6.38. The summed E-state index contributed by atoms with van der Waals surface area (Å²) in [5, 5.41) is 0. The summed E-state index contributed by atoms with van der Waals surface area (Å²) in [5.41, 5.74) is -2.45. The minimum absolute atomic E-state index is 0.967. The molecule has 0 atom stereocenters. The van der Waals surface area contributed by atoms with Crippen molar-refractivity contribution in [2.24, 2.45) is 0 Å². The largest absolute Gasteiger partial charge is 0.513 e. The van der Waals surface area contributed by atoms with Crippen LogP contribution < -0.4 is 0 Å². The van der Waals surface area contributed by atoms with Crippen LogP contribution in [0.25, 0.3) is 0 Å². The van der Waals surface area contributed by atoms with Gasteiger partial charge in [-0.25, -0.2) is 17.7 Å². The molecule has 0 amide bonds. The minimum Gasteiger partial charge on any atom is -0.280 e. The van der Waals surface area contributed by atoms with Crippen molar-refractivity contribution in [2.75, 3.05) is 13.2 Å². The zero-order chi connectivity index (χ0) is 10.1. The van der Waals surface area contributed by atoms with Gasteiger partial charge in [-0.05, 0) is 0 Å².